The molecule has 2 N–H and O–H groups in total. The Morgan fingerprint density at radius 3 is 2.85 bits per heavy atom. The number of H-pyrrole nitrogens is 1. The van der Waals surface area contributed by atoms with Crippen molar-refractivity contribution in [3.63, 3.8) is 0 Å². The van der Waals surface area contributed by atoms with Crippen LogP contribution in [-0.2, 0) is 4.79 Å². The predicted octanol–water partition coefficient (Wildman–Crippen LogP) is 1.63. The van der Waals surface area contributed by atoms with Gasteiger partial charge in [0.25, 0.3) is 5.56 Å². The Bertz CT molecular complexity index is 700. The number of rotatable bonds is 2. The lowest BCUT2D eigenvalue weighted by molar-refractivity contribution is -0.116. The number of hydrogen-bond donors (Lipinski definition) is 2. The smallest absolute Gasteiger partial charge is 0.270 e. The molecular formula is C14H16N4O2. The van der Waals surface area contributed by atoms with Crippen LogP contribution in [0.15, 0.2) is 29.3 Å². The number of aromatic nitrogens is 3. The molecule has 2 aromatic heterocycles. The molecule has 0 saturated carbocycles. The number of pyridine rings is 1. The quantitative estimate of drug-likeness (QED) is 0.872. The first kappa shape index (κ1) is 12.7. The van der Waals surface area contributed by atoms with Gasteiger partial charge in [-0.25, -0.2) is 0 Å². The van der Waals surface area contributed by atoms with Gasteiger partial charge in [0.05, 0.1) is 5.56 Å². The number of hydrogen-bond acceptors (Lipinski definition) is 3. The second-order valence-corrected chi connectivity index (χ2v) is 5.26. The number of anilines is 1. The van der Waals surface area contributed by atoms with Crippen molar-refractivity contribution in [2.45, 2.75) is 32.2 Å². The monoisotopic (exact) mass is 272 g/mol. The maximum Gasteiger partial charge on any atom is 0.270 e. The van der Waals surface area contributed by atoms with Crippen molar-refractivity contribution in [3.05, 3.63) is 46.0 Å². The molecule has 0 aliphatic carbocycles. The van der Waals surface area contributed by atoms with Gasteiger partial charge in [-0.2, -0.15) is 0 Å². The average Bonchev–Trinajstić information content (AvgIpc) is 2.76. The van der Waals surface area contributed by atoms with Crippen LogP contribution < -0.4 is 10.9 Å². The fourth-order valence-electron chi connectivity index (χ4n) is 2.64. The van der Waals surface area contributed by atoms with E-state index in [1.807, 2.05) is 26.0 Å². The molecule has 3 heterocycles. The standard InChI is InChI=1S/C14H16N4O2/c1-8(2)18-13-12(14(20)17-18)10(6-11(19)16-13)9-4-3-5-15-7-9/h3-5,7-8,10H,6H2,1-2H3,(H,16,19)(H,17,20)/t10-/m1/s1. The number of amides is 1. The van der Waals surface area contributed by atoms with Crippen LogP contribution in [0.2, 0.25) is 0 Å². The zero-order chi connectivity index (χ0) is 14.3. The lowest BCUT2D eigenvalue weighted by Crippen LogP contribution is -2.27. The minimum atomic E-state index is -0.240. The van der Waals surface area contributed by atoms with Crippen LogP contribution in [0.5, 0.6) is 0 Å². The van der Waals surface area contributed by atoms with Crippen LogP contribution >= 0.6 is 0 Å². The summed E-state index contributed by atoms with van der Waals surface area (Å²) in [4.78, 5) is 28.2. The Morgan fingerprint density at radius 2 is 2.20 bits per heavy atom. The molecule has 3 rings (SSSR count). The Balaban J connectivity index is 2.18. The number of carbonyl (C=O) groups is 1. The lowest BCUT2D eigenvalue weighted by Gasteiger charge is -2.23. The Morgan fingerprint density at radius 1 is 1.40 bits per heavy atom. The maximum atomic E-state index is 12.2. The van der Waals surface area contributed by atoms with E-state index in [0.29, 0.717) is 11.4 Å². The highest BCUT2D eigenvalue weighted by molar-refractivity contribution is 5.94. The minimum absolute atomic E-state index is 0.0689. The second-order valence-electron chi connectivity index (χ2n) is 5.26. The largest absolute Gasteiger partial charge is 0.311 e. The van der Waals surface area contributed by atoms with Gasteiger partial charge in [-0.1, -0.05) is 6.07 Å². The number of fused-ring (bicyclic) bond motifs is 1. The average molecular weight is 272 g/mol. The fourth-order valence-corrected chi connectivity index (χ4v) is 2.64. The molecule has 0 spiro atoms. The molecule has 2 aromatic rings. The van der Waals surface area contributed by atoms with E-state index in [1.165, 1.54) is 0 Å². The van der Waals surface area contributed by atoms with Gasteiger partial charge < -0.3 is 5.32 Å². The predicted molar refractivity (Wildman–Crippen MR) is 74.8 cm³/mol. The van der Waals surface area contributed by atoms with Gasteiger partial charge in [-0.15, -0.1) is 0 Å². The van der Waals surface area contributed by atoms with Crippen LogP contribution in [-0.4, -0.2) is 20.7 Å². The second kappa shape index (κ2) is 4.63. The summed E-state index contributed by atoms with van der Waals surface area (Å²) in [6.45, 7) is 3.91. The molecule has 20 heavy (non-hydrogen) atoms. The zero-order valence-corrected chi connectivity index (χ0v) is 11.4. The highest BCUT2D eigenvalue weighted by Gasteiger charge is 2.32. The van der Waals surface area contributed by atoms with Gasteiger partial charge in [-0.05, 0) is 25.5 Å². The summed E-state index contributed by atoms with van der Waals surface area (Å²) in [6, 6.07) is 3.78. The number of nitrogens with one attached hydrogen (secondary N) is 2. The van der Waals surface area contributed by atoms with Gasteiger partial charge in [0, 0.05) is 30.8 Å². The van der Waals surface area contributed by atoms with Crippen molar-refractivity contribution in [1.82, 2.24) is 14.8 Å². The summed E-state index contributed by atoms with van der Waals surface area (Å²) in [5.41, 5.74) is 1.35. The molecule has 0 bridgehead atoms. The van der Waals surface area contributed by atoms with Crippen molar-refractivity contribution in [2.24, 2.45) is 0 Å². The van der Waals surface area contributed by atoms with Gasteiger partial charge in [0.15, 0.2) is 0 Å². The van der Waals surface area contributed by atoms with Crippen LogP contribution in [0, 0.1) is 0 Å². The van der Waals surface area contributed by atoms with Crippen LogP contribution in [0.4, 0.5) is 5.82 Å². The summed E-state index contributed by atoms with van der Waals surface area (Å²) in [5, 5.41) is 5.60. The van der Waals surface area contributed by atoms with Crippen LogP contribution in [0.1, 0.15) is 43.4 Å². The normalized spacial score (nSPS) is 17.9. The Labute approximate surface area is 115 Å². The van der Waals surface area contributed by atoms with Crippen LogP contribution in [0.25, 0.3) is 0 Å². The summed E-state index contributed by atoms with van der Waals surface area (Å²) in [6.07, 6.45) is 3.65. The Kier molecular flexibility index (Phi) is 2.93. The van der Waals surface area contributed by atoms with Crippen molar-refractivity contribution >= 4 is 11.7 Å². The number of aromatic amines is 1. The molecule has 1 aliphatic heterocycles. The Hall–Kier alpha value is -2.37. The molecule has 1 atom stereocenters. The third-order valence-corrected chi connectivity index (χ3v) is 3.56. The SMILES string of the molecule is CC(C)n1[nH]c(=O)c2c1NC(=O)C[C@@H]2c1cccnc1. The van der Waals surface area contributed by atoms with Gasteiger partial charge in [0.1, 0.15) is 5.82 Å². The third-order valence-electron chi connectivity index (χ3n) is 3.56. The van der Waals surface area contributed by atoms with E-state index in [2.05, 4.69) is 15.4 Å². The van der Waals surface area contributed by atoms with Gasteiger partial charge >= 0.3 is 0 Å². The zero-order valence-electron chi connectivity index (χ0n) is 11.4. The summed E-state index contributed by atoms with van der Waals surface area (Å²) >= 11 is 0. The van der Waals surface area contributed by atoms with Crippen molar-refractivity contribution in [1.29, 1.82) is 0 Å². The van der Waals surface area contributed by atoms with E-state index < -0.39 is 0 Å². The van der Waals surface area contributed by atoms with Crippen molar-refractivity contribution in [2.75, 3.05) is 5.32 Å². The van der Waals surface area contributed by atoms with E-state index in [0.717, 1.165) is 5.56 Å². The highest BCUT2D eigenvalue weighted by atomic mass is 16.2. The topological polar surface area (TPSA) is 79.8 Å². The van der Waals surface area contributed by atoms with Crippen LogP contribution in [0.3, 0.4) is 0 Å². The highest BCUT2D eigenvalue weighted by Crippen LogP contribution is 2.35. The molecule has 0 aromatic carbocycles. The summed E-state index contributed by atoms with van der Waals surface area (Å²) in [5.74, 6) is 0.256. The first-order chi connectivity index (χ1) is 9.58. The number of nitrogens with zero attached hydrogens (tertiary/aromatic N) is 2. The molecule has 0 fully saturated rings. The third kappa shape index (κ3) is 1.93. The van der Waals surface area contributed by atoms with E-state index in [1.54, 1.807) is 17.1 Å². The minimum Gasteiger partial charge on any atom is -0.311 e. The van der Waals surface area contributed by atoms with E-state index >= 15 is 0 Å². The first-order valence-electron chi connectivity index (χ1n) is 6.62. The molecule has 1 aliphatic rings. The van der Waals surface area contributed by atoms with Gasteiger partial charge in [-0.3, -0.25) is 24.4 Å². The molecular weight excluding hydrogens is 256 g/mol. The number of carbonyl (C=O) groups excluding carboxylic acids is 1. The molecule has 6 heteroatoms. The van der Waals surface area contributed by atoms with E-state index in [4.69, 9.17) is 0 Å². The first-order valence-corrected chi connectivity index (χ1v) is 6.62. The maximum absolute atomic E-state index is 12.2. The van der Waals surface area contributed by atoms with Crippen molar-refractivity contribution < 1.29 is 4.79 Å². The van der Waals surface area contributed by atoms with Gasteiger partial charge in [0.2, 0.25) is 5.91 Å². The van der Waals surface area contributed by atoms with E-state index in [9.17, 15) is 9.59 Å². The molecule has 0 radical (unpaired) electrons. The summed E-state index contributed by atoms with van der Waals surface area (Å²) in [7, 11) is 0. The fraction of sp³-hybridized carbons (Fsp3) is 0.357. The lowest BCUT2D eigenvalue weighted by atomic mass is 9.88. The molecule has 0 unspecified atom stereocenters. The van der Waals surface area contributed by atoms with E-state index in [-0.39, 0.29) is 29.8 Å². The van der Waals surface area contributed by atoms with Crippen molar-refractivity contribution in [3.8, 4) is 0 Å². The molecule has 0 saturated heterocycles. The summed E-state index contributed by atoms with van der Waals surface area (Å²) < 4.78 is 1.71. The molecule has 1 amide bonds. The molecule has 6 nitrogen and oxygen atoms in total. The molecule has 104 valence electrons.